The first-order valence-electron chi connectivity index (χ1n) is 11.1. The van der Waals surface area contributed by atoms with Crippen LogP contribution in [-0.2, 0) is 16.5 Å². The van der Waals surface area contributed by atoms with Gasteiger partial charge in [-0.1, -0.05) is 0 Å². The number of ether oxygens (including phenoxy) is 2. The molecule has 0 unspecified atom stereocenters. The van der Waals surface area contributed by atoms with Crippen molar-refractivity contribution < 1.29 is 27.8 Å². The van der Waals surface area contributed by atoms with Crippen LogP contribution in [0, 0.1) is 0 Å². The number of hydrogen-bond donors (Lipinski definition) is 1. The number of carbonyl (C=O) groups is 2. The molecule has 1 N–H and O–H groups in total. The summed E-state index contributed by atoms with van der Waals surface area (Å²) < 4.78 is 37.0. The molecule has 10 nitrogen and oxygen atoms in total. The van der Waals surface area contributed by atoms with Crippen molar-refractivity contribution >= 4 is 18.0 Å². The van der Waals surface area contributed by atoms with Gasteiger partial charge in [-0.15, -0.1) is 0 Å². The number of rotatable bonds is 6. The zero-order valence-electron chi connectivity index (χ0n) is 19.7. The van der Waals surface area contributed by atoms with Gasteiger partial charge in [0.1, 0.15) is 5.60 Å². The highest BCUT2D eigenvalue weighted by Gasteiger charge is 2.33. The fraction of sp³-hybridized carbons (Fsp3) is 0.591. The van der Waals surface area contributed by atoms with E-state index in [0.717, 1.165) is 5.56 Å². The van der Waals surface area contributed by atoms with Crippen molar-refractivity contribution in [3.05, 3.63) is 24.8 Å². The van der Waals surface area contributed by atoms with Gasteiger partial charge in [-0.05, 0) is 46.5 Å². The molecule has 1 aliphatic rings. The molecule has 1 fully saturated rings. The number of aromatic nitrogens is 4. The van der Waals surface area contributed by atoms with E-state index in [1.54, 1.807) is 44.9 Å². The van der Waals surface area contributed by atoms with Crippen molar-refractivity contribution in [3.63, 3.8) is 0 Å². The Bertz CT molecular complexity index is 969. The third-order valence-electron chi connectivity index (χ3n) is 5.20. The van der Waals surface area contributed by atoms with E-state index in [2.05, 4.69) is 20.4 Å². The molecule has 1 saturated carbocycles. The third kappa shape index (κ3) is 7.09. The highest BCUT2D eigenvalue weighted by Crippen LogP contribution is 2.28. The first-order valence-corrected chi connectivity index (χ1v) is 11.1. The number of nitrogens with zero attached hydrogens (tertiary/aromatic N) is 5. The minimum atomic E-state index is -2.78. The third-order valence-corrected chi connectivity index (χ3v) is 5.20. The van der Waals surface area contributed by atoms with Gasteiger partial charge in [-0.3, -0.25) is 14.6 Å². The van der Waals surface area contributed by atoms with E-state index in [1.165, 1.54) is 17.3 Å². The molecule has 0 radical (unpaired) electrons. The summed E-state index contributed by atoms with van der Waals surface area (Å²) >= 11 is 0. The summed E-state index contributed by atoms with van der Waals surface area (Å²) in [6, 6.07) is -0.468. The lowest BCUT2D eigenvalue weighted by Gasteiger charge is -2.35. The fourth-order valence-corrected chi connectivity index (χ4v) is 3.73. The largest absolute Gasteiger partial charge is 0.444 e. The molecule has 2 aromatic rings. The van der Waals surface area contributed by atoms with Gasteiger partial charge in [0.15, 0.2) is 12.4 Å². The van der Waals surface area contributed by atoms with Gasteiger partial charge >= 0.3 is 12.2 Å². The van der Waals surface area contributed by atoms with Crippen LogP contribution in [0.25, 0.3) is 11.3 Å². The summed E-state index contributed by atoms with van der Waals surface area (Å²) in [5.41, 5.74) is 0.706. The molecule has 0 saturated heterocycles. The van der Waals surface area contributed by atoms with Crippen molar-refractivity contribution in [2.24, 2.45) is 7.05 Å². The minimum Gasteiger partial charge on any atom is -0.444 e. The smallest absolute Gasteiger partial charge is 0.415 e. The van der Waals surface area contributed by atoms with Gasteiger partial charge in [0, 0.05) is 30.9 Å². The van der Waals surface area contributed by atoms with E-state index < -0.39 is 30.8 Å². The Morgan fingerprint density at radius 3 is 2.41 bits per heavy atom. The van der Waals surface area contributed by atoms with Crippen molar-refractivity contribution in [2.45, 2.75) is 70.6 Å². The standard InChI is InChI=1S/C22H30F2N6O4/c1-22(2,3)34-20(31)28-15-5-7-16(8-6-15)30(21(32)33-13-18(23)24)19-11-25-17(10-26-19)14-9-27-29(4)12-14/h9-12,15-16,18H,5-8,13H2,1-4H3,(H,28,31). The molecule has 1 aliphatic carbocycles. The van der Waals surface area contributed by atoms with E-state index in [-0.39, 0.29) is 17.9 Å². The summed E-state index contributed by atoms with van der Waals surface area (Å²) in [7, 11) is 1.78. The topological polar surface area (TPSA) is 111 Å². The Morgan fingerprint density at radius 2 is 1.88 bits per heavy atom. The molecule has 0 aromatic carbocycles. The minimum absolute atomic E-state index is 0.121. The SMILES string of the molecule is Cn1cc(-c2cnc(N(C(=O)OCC(F)F)C3CCC(NC(=O)OC(C)(C)C)CC3)cn2)cn1. The van der Waals surface area contributed by atoms with E-state index in [1.807, 2.05) is 0 Å². The van der Waals surface area contributed by atoms with Gasteiger partial charge < -0.3 is 14.8 Å². The lowest BCUT2D eigenvalue weighted by Crippen LogP contribution is -2.47. The second kappa shape index (κ2) is 10.7. The number of alkyl carbamates (subject to hydrolysis) is 1. The highest BCUT2D eigenvalue weighted by atomic mass is 19.3. The Balaban J connectivity index is 1.70. The average molecular weight is 481 g/mol. The molecule has 0 aliphatic heterocycles. The Labute approximate surface area is 196 Å². The van der Waals surface area contributed by atoms with E-state index in [0.29, 0.717) is 31.4 Å². The summed E-state index contributed by atoms with van der Waals surface area (Å²) in [5.74, 6) is 0.204. The number of aryl methyl sites for hydroxylation is 1. The lowest BCUT2D eigenvalue weighted by molar-refractivity contribution is 0.0477. The fourth-order valence-electron chi connectivity index (χ4n) is 3.73. The predicted octanol–water partition coefficient (Wildman–Crippen LogP) is 3.92. The van der Waals surface area contributed by atoms with Crippen LogP contribution in [0.4, 0.5) is 24.2 Å². The normalized spacial score (nSPS) is 18.4. The van der Waals surface area contributed by atoms with Gasteiger partial charge in [-0.2, -0.15) is 5.10 Å². The average Bonchev–Trinajstić information content (AvgIpc) is 3.19. The molecule has 12 heteroatoms. The maximum absolute atomic E-state index is 12.7. The van der Waals surface area contributed by atoms with Crippen LogP contribution in [0.5, 0.6) is 0 Å². The van der Waals surface area contributed by atoms with Crippen LogP contribution in [-0.4, -0.2) is 62.7 Å². The Hall–Kier alpha value is -3.31. The van der Waals surface area contributed by atoms with Gasteiger partial charge in [-0.25, -0.2) is 23.4 Å². The van der Waals surface area contributed by atoms with Gasteiger partial charge in [0.05, 0.1) is 24.3 Å². The van der Waals surface area contributed by atoms with Crippen LogP contribution in [0.15, 0.2) is 24.8 Å². The second-order valence-corrected chi connectivity index (χ2v) is 9.15. The summed E-state index contributed by atoms with van der Waals surface area (Å²) in [4.78, 5) is 34.8. The van der Waals surface area contributed by atoms with Crippen LogP contribution < -0.4 is 10.2 Å². The Kier molecular flexibility index (Phi) is 8.00. The van der Waals surface area contributed by atoms with E-state index >= 15 is 0 Å². The number of hydrogen-bond acceptors (Lipinski definition) is 7. The zero-order chi connectivity index (χ0) is 24.9. The van der Waals surface area contributed by atoms with E-state index in [4.69, 9.17) is 9.47 Å². The first kappa shape index (κ1) is 25.3. The highest BCUT2D eigenvalue weighted by molar-refractivity contribution is 5.87. The molecule has 0 atom stereocenters. The number of amides is 2. The van der Waals surface area contributed by atoms with Crippen LogP contribution in [0.1, 0.15) is 46.5 Å². The summed E-state index contributed by atoms with van der Waals surface area (Å²) in [6.07, 6.45) is 4.30. The zero-order valence-corrected chi connectivity index (χ0v) is 19.7. The van der Waals surface area contributed by atoms with Crippen molar-refractivity contribution in [1.29, 1.82) is 0 Å². The summed E-state index contributed by atoms with van der Waals surface area (Å²) in [5, 5.41) is 6.94. The quantitative estimate of drug-likeness (QED) is 0.667. The maximum atomic E-state index is 12.7. The second-order valence-electron chi connectivity index (χ2n) is 9.15. The van der Waals surface area contributed by atoms with Gasteiger partial charge in [0.2, 0.25) is 0 Å². The molecule has 2 aromatic heterocycles. The number of alkyl halides is 2. The predicted molar refractivity (Wildman–Crippen MR) is 119 cm³/mol. The first-order chi connectivity index (χ1) is 16.0. The molecule has 34 heavy (non-hydrogen) atoms. The maximum Gasteiger partial charge on any atom is 0.415 e. The summed E-state index contributed by atoms with van der Waals surface area (Å²) in [6.45, 7) is 4.35. The molecule has 2 amide bonds. The van der Waals surface area contributed by atoms with Crippen molar-refractivity contribution in [2.75, 3.05) is 11.5 Å². The van der Waals surface area contributed by atoms with Crippen LogP contribution >= 0.6 is 0 Å². The molecular weight excluding hydrogens is 450 g/mol. The molecule has 3 rings (SSSR count). The Morgan fingerprint density at radius 1 is 1.18 bits per heavy atom. The molecule has 2 heterocycles. The molecule has 0 spiro atoms. The number of halogens is 2. The lowest BCUT2D eigenvalue weighted by atomic mass is 9.90. The van der Waals surface area contributed by atoms with Crippen molar-refractivity contribution in [3.8, 4) is 11.3 Å². The molecule has 186 valence electrons. The number of nitrogens with one attached hydrogen (secondary N) is 1. The molecule has 0 bridgehead atoms. The monoisotopic (exact) mass is 480 g/mol. The van der Waals surface area contributed by atoms with Crippen LogP contribution in [0.2, 0.25) is 0 Å². The van der Waals surface area contributed by atoms with Crippen LogP contribution in [0.3, 0.4) is 0 Å². The van der Waals surface area contributed by atoms with Crippen molar-refractivity contribution in [1.82, 2.24) is 25.1 Å². The number of carbonyl (C=O) groups excluding carboxylic acids is 2. The number of anilines is 1. The van der Waals surface area contributed by atoms with Gasteiger partial charge in [0.25, 0.3) is 6.43 Å². The van der Waals surface area contributed by atoms with E-state index in [9.17, 15) is 18.4 Å². The molecular formula is C22H30F2N6O4.